The Bertz CT molecular complexity index is 632. The molecule has 20 heavy (non-hydrogen) atoms. The van der Waals surface area contributed by atoms with Crippen molar-refractivity contribution in [2.45, 2.75) is 32.5 Å². The molecule has 0 aliphatic carbocycles. The number of fused-ring (bicyclic) bond motifs is 1. The van der Waals surface area contributed by atoms with Gasteiger partial charge in [0, 0.05) is 12.7 Å². The van der Waals surface area contributed by atoms with E-state index in [2.05, 4.69) is 10.3 Å². The van der Waals surface area contributed by atoms with Crippen LogP contribution in [-0.2, 0) is 12.7 Å². The van der Waals surface area contributed by atoms with Crippen LogP contribution in [0, 0.1) is 0 Å². The molecule has 0 saturated carbocycles. The Morgan fingerprint density at radius 1 is 1.40 bits per heavy atom. The molecular formula is C13H15ClF3N3. The topological polar surface area (TPSA) is 29.3 Å². The van der Waals surface area contributed by atoms with Crippen molar-refractivity contribution in [2.75, 3.05) is 7.05 Å². The van der Waals surface area contributed by atoms with Crippen LogP contribution in [0.4, 0.5) is 13.2 Å². The van der Waals surface area contributed by atoms with Gasteiger partial charge in [-0.25, -0.2) is 4.98 Å². The number of pyridine rings is 1. The first kappa shape index (κ1) is 15.1. The third-order valence-corrected chi connectivity index (χ3v) is 3.30. The third-order valence-electron chi connectivity index (χ3n) is 3.02. The molecule has 2 rings (SSSR count). The number of hydrogen-bond acceptors (Lipinski definition) is 2. The Morgan fingerprint density at radius 2 is 2.05 bits per heavy atom. The van der Waals surface area contributed by atoms with Crippen molar-refractivity contribution in [2.24, 2.45) is 0 Å². The minimum absolute atomic E-state index is 0.00378. The number of hydrogen-bond donors (Lipinski definition) is 1. The van der Waals surface area contributed by atoms with Gasteiger partial charge in [0.15, 0.2) is 5.65 Å². The maximum absolute atomic E-state index is 12.9. The van der Waals surface area contributed by atoms with Gasteiger partial charge in [-0.1, -0.05) is 25.4 Å². The van der Waals surface area contributed by atoms with Crippen LogP contribution in [0.1, 0.15) is 36.7 Å². The maximum Gasteiger partial charge on any atom is 0.417 e. The quantitative estimate of drug-likeness (QED) is 0.933. The Labute approximate surface area is 119 Å². The van der Waals surface area contributed by atoms with E-state index in [4.69, 9.17) is 11.6 Å². The average Bonchev–Trinajstić information content (AvgIpc) is 2.68. The van der Waals surface area contributed by atoms with Crippen molar-refractivity contribution in [1.29, 1.82) is 0 Å². The van der Waals surface area contributed by atoms with Crippen molar-refractivity contribution >= 4 is 17.2 Å². The summed E-state index contributed by atoms with van der Waals surface area (Å²) in [7, 11) is 1.73. The summed E-state index contributed by atoms with van der Waals surface area (Å²) in [4.78, 5) is 4.38. The lowest BCUT2D eigenvalue weighted by atomic mass is 10.1. The van der Waals surface area contributed by atoms with Gasteiger partial charge in [0.05, 0.1) is 22.0 Å². The molecule has 0 atom stereocenters. The Morgan fingerprint density at radius 3 is 2.55 bits per heavy atom. The molecule has 2 aromatic heterocycles. The molecule has 0 amide bonds. The monoisotopic (exact) mass is 305 g/mol. The fourth-order valence-electron chi connectivity index (χ4n) is 2.13. The van der Waals surface area contributed by atoms with E-state index in [1.54, 1.807) is 7.05 Å². The molecule has 3 nitrogen and oxygen atoms in total. The molecule has 1 N–H and O–H groups in total. The minimum atomic E-state index is -4.43. The molecular weight excluding hydrogens is 291 g/mol. The highest BCUT2D eigenvalue weighted by molar-refractivity contribution is 6.33. The molecule has 0 unspecified atom stereocenters. The lowest BCUT2D eigenvalue weighted by Gasteiger charge is -2.10. The largest absolute Gasteiger partial charge is 0.417 e. The van der Waals surface area contributed by atoms with Crippen molar-refractivity contribution < 1.29 is 13.2 Å². The SMILES string of the molecule is CNCc1c(C(C)C)nc2c(Cl)cc(C(F)(F)F)cn12. The van der Waals surface area contributed by atoms with Gasteiger partial charge in [-0.2, -0.15) is 13.2 Å². The maximum atomic E-state index is 12.9. The van der Waals surface area contributed by atoms with Crippen molar-refractivity contribution in [3.05, 3.63) is 34.2 Å². The third kappa shape index (κ3) is 2.62. The van der Waals surface area contributed by atoms with E-state index in [0.717, 1.165) is 18.0 Å². The van der Waals surface area contributed by atoms with Crippen LogP contribution in [-0.4, -0.2) is 16.4 Å². The molecule has 0 bridgehead atoms. The second-order valence-electron chi connectivity index (χ2n) is 4.90. The molecule has 0 saturated heterocycles. The zero-order valence-corrected chi connectivity index (χ0v) is 12.1. The summed E-state index contributed by atoms with van der Waals surface area (Å²) in [6.45, 7) is 4.31. The van der Waals surface area contributed by atoms with Gasteiger partial charge in [0.25, 0.3) is 0 Å². The fourth-order valence-corrected chi connectivity index (χ4v) is 2.38. The van der Waals surface area contributed by atoms with Crippen LogP contribution in [0.3, 0.4) is 0 Å². The van der Waals surface area contributed by atoms with Crippen LogP contribution in [0.5, 0.6) is 0 Å². The molecule has 0 radical (unpaired) electrons. The lowest BCUT2D eigenvalue weighted by molar-refractivity contribution is -0.137. The zero-order chi connectivity index (χ0) is 15.1. The summed E-state index contributed by atoms with van der Waals surface area (Å²) in [6, 6.07) is 0.914. The van der Waals surface area contributed by atoms with Crippen LogP contribution >= 0.6 is 11.6 Å². The predicted molar refractivity (Wildman–Crippen MR) is 72.1 cm³/mol. The molecule has 0 aromatic carbocycles. The predicted octanol–water partition coefficient (Wildman–Crippen LogP) is 3.85. The first-order valence-electron chi connectivity index (χ1n) is 6.18. The normalized spacial score (nSPS) is 12.6. The fraction of sp³-hybridized carbons (Fsp3) is 0.462. The standard InChI is InChI=1S/C13H15ClF3N3/c1-7(2)11-10(5-18-3)20-6-8(13(15,16)17)4-9(14)12(20)19-11/h4,6-7,18H,5H2,1-3H3. The van der Waals surface area contributed by atoms with E-state index in [-0.39, 0.29) is 10.9 Å². The van der Waals surface area contributed by atoms with E-state index in [1.165, 1.54) is 4.40 Å². The highest BCUT2D eigenvalue weighted by Crippen LogP contribution is 2.33. The number of rotatable bonds is 3. The molecule has 0 aliphatic heterocycles. The number of aromatic nitrogens is 2. The number of halogens is 4. The average molecular weight is 306 g/mol. The summed E-state index contributed by atoms with van der Waals surface area (Å²) in [6.07, 6.45) is -3.39. The number of nitrogens with one attached hydrogen (secondary N) is 1. The van der Waals surface area contributed by atoms with Gasteiger partial charge in [-0.3, -0.25) is 0 Å². The zero-order valence-electron chi connectivity index (χ0n) is 11.3. The smallest absolute Gasteiger partial charge is 0.314 e. The molecule has 2 aromatic rings. The molecule has 2 heterocycles. The second-order valence-corrected chi connectivity index (χ2v) is 5.30. The number of alkyl halides is 3. The minimum Gasteiger partial charge on any atom is -0.314 e. The van der Waals surface area contributed by atoms with Crippen molar-refractivity contribution in [3.63, 3.8) is 0 Å². The Kier molecular flexibility index (Phi) is 3.97. The highest BCUT2D eigenvalue weighted by Gasteiger charge is 2.32. The van der Waals surface area contributed by atoms with E-state index in [1.807, 2.05) is 13.8 Å². The summed E-state index contributed by atoms with van der Waals surface area (Å²) in [5.74, 6) is 0.101. The summed E-state index contributed by atoms with van der Waals surface area (Å²) >= 11 is 5.95. The lowest BCUT2D eigenvalue weighted by Crippen LogP contribution is -2.12. The Balaban J connectivity index is 2.76. The molecule has 0 aliphatic rings. The van der Waals surface area contributed by atoms with E-state index in [9.17, 15) is 13.2 Å². The van der Waals surface area contributed by atoms with Crippen LogP contribution < -0.4 is 5.32 Å². The van der Waals surface area contributed by atoms with Crippen LogP contribution in [0.2, 0.25) is 5.02 Å². The summed E-state index contributed by atoms with van der Waals surface area (Å²) < 4.78 is 40.0. The Hall–Kier alpha value is -1.27. The van der Waals surface area contributed by atoms with Gasteiger partial charge in [0.1, 0.15) is 0 Å². The number of imidazole rings is 1. The van der Waals surface area contributed by atoms with Crippen molar-refractivity contribution in [1.82, 2.24) is 14.7 Å². The molecule has 7 heteroatoms. The first-order chi connectivity index (χ1) is 9.25. The van der Waals surface area contributed by atoms with Gasteiger partial charge in [-0.15, -0.1) is 0 Å². The van der Waals surface area contributed by atoms with Gasteiger partial charge in [0.2, 0.25) is 0 Å². The van der Waals surface area contributed by atoms with Gasteiger partial charge in [-0.05, 0) is 19.0 Å². The van der Waals surface area contributed by atoms with Crippen molar-refractivity contribution in [3.8, 4) is 0 Å². The summed E-state index contributed by atoms with van der Waals surface area (Å²) in [5.41, 5.74) is 1.03. The van der Waals surface area contributed by atoms with Crippen LogP contribution in [0.25, 0.3) is 5.65 Å². The van der Waals surface area contributed by atoms with E-state index >= 15 is 0 Å². The molecule has 0 fully saturated rings. The number of nitrogens with zero attached hydrogens (tertiary/aromatic N) is 2. The van der Waals surface area contributed by atoms with Gasteiger partial charge < -0.3 is 9.72 Å². The first-order valence-corrected chi connectivity index (χ1v) is 6.55. The molecule has 0 spiro atoms. The second kappa shape index (κ2) is 5.26. The van der Waals surface area contributed by atoms with Crippen LogP contribution in [0.15, 0.2) is 12.3 Å². The van der Waals surface area contributed by atoms with Gasteiger partial charge >= 0.3 is 6.18 Å². The van der Waals surface area contributed by atoms with E-state index < -0.39 is 11.7 Å². The molecule has 110 valence electrons. The van der Waals surface area contributed by atoms with E-state index in [0.29, 0.717) is 17.9 Å². The summed E-state index contributed by atoms with van der Waals surface area (Å²) in [5, 5.41) is 2.95. The highest BCUT2D eigenvalue weighted by atomic mass is 35.5.